The Kier molecular flexibility index (Phi) is 10.6. The second-order valence-corrected chi connectivity index (χ2v) is 12.1. The third kappa shape index (κ3) is 8.11. The third-order valence-corrected chi connectivity index (χ3v) is 7.48. The number of nitrogens with zero attached hydrogens (tertiary/aromatic N) is 2. The van der Waals surface area contributed by atoms with Crippen LogP contribution in [0.2, 0.25) is 10.0 Å². The molecule has 0 spiro atoms. The fraction of sp³-hybridized carbons (Fsp3) is 0.462. The predicted molar refractivity (Wildman–Crippen MR) is 147 cm³/mol. The van der Waals surface area contributed by atoms with Crippen molar-refractivity contribution in [1.82, 2.24) is 10.2 Å². The van der Waals surface area contributed by atoms with E-state index in [0.29, 0.717) is 34.3 Å². The molecule has 36 heavy (non-hydrogen) atoms. The number of halogens is 2. The summed E-state index contributed by atoms with van der Waals surface area (Å²) < 4.78 is 26.6. The molecule has 7 nitrogen and oxygen atoms in total. The lowest BCUT2D eigenvalue weighted by Gasteiger charge is -2.33. The number of aryl methyl sites for hydroxylation is 2. The van der Waals surface area contributed by atoms with E-state index in [9.17, 15) is 18.0 Å². The van der Waals surface area contributed by atoms with E-state index in [0.717, 1.165) is 21.7 Å². The van der Waals surface area contributed by atoms with E-state index in [1.54, 1.807) is 37.3 Å². The Labute approximate surface area is 224 Å². The first-order valence-electron chi connectivity index (χ1n) is 11.8. The van der Waals surface area contributed by atoms with Crippen molar-refractivity contribution < 1.29 is 18.0 Å². The standard InChI is InChI=1S/C26H35Cl2N3O4S/c1-7-24(26(33)29-14-17(2)3)30(15-21-22(27)9-8-10-23(21)28)25(32)16-31(36(6,34)35)20-12-18(4)11-19(5)13-20/h8-13,17,24H,7,14-16H2,1-6H3,(H,29,33)/t24-/m1/s1. The Morgan fingerprint density at radius 3 is 2.06 bits per heavy atom. The van der Waals surface area contributed by atoms with Crippen LogP contribution in [0, 0.1) is 19.8 Å². The lowest BCUT2D eigenvalue weighted by atomic mass is 10.1. The van der Waals surface area contributed by atoms with Crippen LogP contribution < -0.4 is 9.62 Å². The molecule has 0 aliphatic carbocycles. The van der Waals surface area contributed by atoms with Crippen LogP contribution in [0.3, 0.4) is 0 Å². The Balaban J connectivity index is 2.51. The van der Waals surface area contributed by atoms with Gasteiger partial charge in [0.15, 0.2) is 0 Å². The lowest BCUT2D eigenvalue weighted by Crippen LogP contribution is -2.52. The zero-order chi connectivity index (χ0) is 27.2. The fourth-order valence-electron chi connectivity index (χ4n) is 3.90. The van der Waals surface area contributed by atoms with Crippen LogP contribution in [-0.4, -0.2) is 50.5 Å². The van der Waals surface area contributed by atoms with Gasteiger partial charge in [-0.1, -0.05) is 56.1 Å². The number of carbonyl (C=O) groups excluding carboxylic acids is 2. The number of hydrogen-bond donors (Lipinski definition) is 1. The summed E-state index contributed by atoms with van der Waals surface area (Å²) in [7, 11) is -3.81. The van der Waals surface area contributed by atoms with Crippen molar-refractivity contribution in [2.75, 3.05) is 23.7 Å². The van der Waals surface area contributed by atoms with Crippen LogP contribution in [0.25, 0.3) is 0 Å². The molecule has 0 heterocycles. The molecule has 0 saturated heterocycles. The van der Waals surface area contributed by atoms with Crippen LogP contribution in [-0.2, 0) is 26.2 Å². The summed E-state index contributed by atoms with van der Waals surface area (Å²) >= 11 is 12.8. The molecule has 198 valence electrons. The molecule has 10 heteroatoms. The number of sulfonamides is 1. The SMILES string of the molecule is CC[C@H](C(=O)NCC(C)C)N(Cc1c(Cl)cccc1Cl)C(=O)CN(c1cc(C)cc(C)c1)S(C)(=O)=O. The predicted octanol–water partition coefficient (Wildman–Crippen LogP) is 4.96. The highest BCUT2D eigenvalue weighted by atomic mass is 35.5. The van der Waals surface area contributed by atoms with Gasteiger partial charge in [-0.15, -0.1) is 0 Å². The normalized spacial score (nSPS) is 12.4. The van der Waals surface area contributed by atoms with E-state index in [-0.39, 0.29) is 18.4 Å². The summed E-state index contributed by atoms with van der Waals surface area (Å²) in [5.74, 6) is -0.638. The number of rotatable bonds is 11. The van der Waals surface area contributed by atoms with Gasteiger partial charge in [0.05, 0.1) is 11.9 Å². The molecule has 0 radical (unpaired) electrons. The van der Waals surface area contributed by atoms with Gasteiger partial charge in [-0.3, -0.25) is 13.9 Å². The van der Waals surface area contributed by atoms with Gasteiger partial charge in [0.25, 0.3) is 0 Å². The maximum absolute atomic E-state index is 13.8. The first-order chi connectivity index (χ1) is 16.7. The van der Waals surface area contributed by atoms with E-state index in [2.05, 4.69) is 5.32 Å². The molecule has 0 aliphatic heterocycles. The molecule has 0 bridgehead atoms. The molecule has 2 amide bonds. The van der Waals surface area contributed by atoms with E-state index >= 15 is 0 Å². The number of anilines is 1. The first kappa shape index (κ1) is 29.9. The Hall–Kier alpha value is -2.29. The van der Waals surface area contributed by atoms with Crippen LogP contribution >= 0.6 is 23.2 Å². The summed E-state index contributed by atoms with van der Waals surface area (Å²) in [4.78, 5) is 28.3. The quantitative estimate of drug-likeness (QED) is 0.424. The van der Waals surface area contributed by atoms with Gasteiger partial charge in [0.1, 0.15) is 12.6 Å². The molecule has 1 atom stereocenters. The summed E-state index contributed by atoms with van der Waals surface area (Å²) in [6.45, 7) is 9.39. The molecular weight excluding hydrogens is 521 g/mol. The van der Waals surface area contributed by atoms with E-state index < -0.39 is 28.5 Å². The smallest absolute Gasteiger partial charge is 0.244 e. The van der Waals surface area contributed by atoms with E-state index in [1.807, 2.05) is 33.8 Å². The number of carbonyl (C=O) groups is 2. The highest BCUT2D eigenvalue weighted by molar-refractivity contribution is 7.92. The highest BCUT2D eigenvalue weighted by Crippen LogP contribution is 2.28. The summed E-state index contributed by atoms with van der Waals surface area (Å²) in [5, 5.41) is 3.59. The number of nitrogens with one attached hydrogen (secondary N) is 1. The zero-order valence-corrected chi connectivity index (χ0v) is 24.0. The minimum atomic E-state index is -3.81. The zero-order valence-electron chi connectivity index (χ0n) is 21.6. The summed E-state index contributed by atoms with van der Waals surface area (Å²) in [6.07, 6.45) is 1.38. The summed E-state index contributed by atoms with van der Waals surface area (Å²) in [6, 6.07) is 9.51. The van der Waals surface area contributed by atoms with Gasteiger partial charge in [0.2, 0.25) is 21.8 Å². The number of amides is 2. The van der Waals surface area contributed by atoms with Gasteiger partial charge in [0, 0.05) is 28.7 Å². The molecule has 2 aromatic carbocycles. The maximum atomic E-state index is 13.8. The average molecular weight is 557 g/mol. The topological polar surface area (TPSA) is 86.8 Å². The van der Waals surface area contributed by atoms with E-state index in [1.165, 1.54) is 4.90 Å². The lowest BCUT2D eigenvalue weighted by molar-refractivity contribution is -0.140. The number of hydrogen-bond acceptors (Lipinski definition) is 4. The fourth-order valence-corrected chi connectivity index (χ4v) is 5.25. The van der Waals surface area contributed by atoms with Gasteiger partial charge in [-0.2, -0.15) is 0 Å². The van der Waals surface area contributed by atoms with Crippen molar-refractivity contribution in [2.24, 2.45) is 5.92 Å². The van der Waals surface area contributed by atoms with Crippen molar-refractivity contribution in [1.29, 1.82) is 0 Å². The second-order valence-electron chi connectivity index (χ2n) is 9.40. The Morgan fingerprint density at radius 2 is 1.58 bits per heavy atom. The molecule has 0 fully saturated rings. The first-order valence-corrected chi connectivity index (χ1v) is 14.4. The van der Waals surface area contributed by atoms with Crippen molar-refractivity contribution in [3.8, 4) is 0 Å². The van der Waals surface area contributed by atoms with Crippen molar-refractivity contribution >= 4 is 50.7 Å². The van der Waals surface area contributed by atoms with Crippen molar-refractivity contribution in [3.63, 3.8) is 0 Å². The van der Waals surface area contributed by atoms with Gasteiger partial charge in [-0.05, 0) is 61.6 Å². The molecule has 0 aliphatic rings. The summed E-state index contributed by atoms with van der Waals surface area (Å²) in [5.41, 5.74) is 2.61. The number of benzene rings is 2. The minimum Gasteiger partial charge on any atom is -0.354 e. The highest BCUT2D eigenvalue weighted by Gasteiger charge is 2.32. The average Bonchev–Trinajstić information content (AvgIpc) is 2.76. The van der Waals surface area contributed by atoms with E-state index in [4.69, 9.17) is 23.2 Å². The maximum Gasteiger partial charge on any atom is 0.244 e. The molecule has 0 saturated carbocycles. The molecule has 2 aromatic rings. The van der Waals surface area contributed by atoms with Crippen LogP contribution in [0.5, 0.6) is 0 Å². The molecule has 0 unspecified atom stereocenters. The van der Waals surface area contributed by atoms with Crippen LogP contribution in [0.1, 0.15) is 43.9 Å². The minimum absolute atomic E-state index is 0.0462. The Bertz CT molecular complexity index is 1160. The van der Waals surface area contributed by atoms with Crippen LogP contribution in [0.4, 0.5) is 5.69 Å². The molecule has 2 rings (SSSR count). The molecule has 1 N–H and O–H groups in total. The van der Waals surface area contributed by atoms with Crippen LogP contribution in [0.15, 0.2) is 36.4 Å². The Morgan fingerprint density at radius 1 is 1.03 bits per heavy atom. The largest absolute Gasteiger partial charge is 0.354 e. The van der Waals surface area contributed by atoms with Crippen molar-refractivity contribution in [3.05, 3.63) is 63.1 Å². The van der Waals surface area contributed by atoms with Gasteiger partial charge < -0.3 is 10.2 Å². The van der Waals surface area contributed by atoms with Gasteiger partial charge in [-0.25, -0.2) is 8.42 Å². The molecule has 0 aromatic heterocycles. The van der Waals surface area contributed by atoms with Crippen molar-refractivity contribution in [2.45, 2.75) is 53.6 Å². The third-order valence-electron chi connectivity index (χ3n) is 5.63. The second kappa shape index (κ2) is 12.8. The molecular formula is C26H35Cl2N3O4S. The monoisotopic (exact) mass is 555 g/mol. The van der Waals surface area contributed by atoms with Gasteiger partial charge >= 0.3 is 0 Å².